The summed E-state index contributed by atoms with van der Waals surface area (Å²) < 4.78 is 0. The van der Waals surface area contributed by atoms with Crippen molar-refractivity contribution in [1.82, 2.24) is 20.4 Å². The zero-order chi connectivity index (χ0) is 27.9. The van der Waals surface area contributed by atoms with E-state index >= 15 is 0 Å². The van der Waals surface area contributed by atoms with E-state index in [1.807, 2.05) is 43.6 Å². The highest BCUT2D eigenvalue weighted by molar-refractivity contribution is 5.73. The van der Waals surface area contributed by atoms with Gasteiger partial charge in [0.25, 0.3) is 0 Å². The summed E-state index contributed by atoms with van der Waals surface area (Å²) in [6.07, 6.45) is 17.5. The fourth-order valence-electron chi connectivity index (χ4n) is 4.43. The number of carbonyl (C=O) groups is 1. The van der Waals surface area contributed by atoms with E-state index in [-0.39, 0.29) is 11.0 Å². The van der Waals surface area contributed by atoms with Gasteiger partial charge in [-0.25, -0.2) is 4.99 Å². The number of amides is 1. The van der Waals surface area contributed by atoms with Crippen molar-refractivity contribution < 1.29 is 4.79 Å². The number of carbonyl (C=O) groups excluding carboxylic acids is 1. The van der Waals surface area contributed by atoms with Crippen LogP contribution >= 0.6 is 0 Å². The molecule has 7 heteroatoms. The number of piperidine rings is 1. The Hall–Kier alpha value is -2.95. The lowest BCUT2D eigenvalue weighted by atomic mass is 9.82. The van der Waals surface area contributed by atoms with Crippen molar-refractivity contribution >= 4 is 12.7 Å². The Morgan fingerprint density at radius 3 is 2.68 bits per heavy atom. The summed E-state index contributed by atoms with van der Waals surface area (Å²) in [5.74, 6) is 0. The van der Waals surface area contributed by atoms with Crippen LogP contribution in [0, 0.1) is 16.7 Å². The number of rotatable bonds is 14. The molecule has 0 bridgehead atoms. The third-order valence-corrected chi connectivity index (χ3v) is 6.23. The SMILES string of the molecule is C=C(/C=C(\C=C/CC#N)CNC1(CC)CCNC(C)C1)/C(=C/C=C/N(C)CC(C)(C)C)N=CN(C)C=O. The number of allylic oxidation sites excluding steroid dienone is 4. The van der Waals surface area contributed by atoms with E-state index in [1.165, 1.54) is 11.2 Å². The van der Waals surface area contributed by atoms with Gasteiger partial charge < -0.3 is 20.4 Å². The summed E-state index contributed by atoms with van der Waals surface area (Å²) in [7, 11) is 3.69. The summed E-state index contributed by atoms with van der Waals surface area (Å²) in [4.78, 5) is 19.1. The van der Waals surface area contributed by atoms with Gasteiger partial charge in [0.2, 0.25) is 6.41 Å². The molecular formula is C30H48N6O. The lowest BCUT2D eigenvalue weighted by Crippen LogP contribution is -2.55. The monoisotopic (exact) mass is 508 g/mol. The van der Waals surface area contributed by atoms with Crippen LogP contribution in [0.2, 0.25) is 0 Å². The lowest BCUT2D eigenvalue weighted by Gasteiger charge is -2.41. The van der Waals surface area contributed by atoms with E-state index in [1.54, 1.807) is 7.05 Å². The van der Waals surface area contributed by atoms with Gasteiger partial charge in [-0.05, 0) is 73.7 Å². The minimum absolute atomic E-state index is 0.0814. The maximum Gasteiger partial charge on any atom is 0.214 e. The molecule has 0 aromatic carbocycles. The Labute approximate surface area is 225 Å². The second kappa shape index (κ2) is 16.0. The number of nitrogens with zero attached hydrogens (tertiary/aromatic N) is 4. The van der Waals surface area contributed by atoms with Crippen LogP contribution in [-0.2, 0) is 4.79 Å². The van der Waals surface area contributed by atoms with E-state index in [0.717, 1.165) is 43.5 Å². The van der Waals surface area contributed by atoms with Crippen LogP contribution in [0.1, 0.15) is 60.3 Å². The Morgan fingerprint density at radius 1 is 1.35 bits per heavy atom. The first-order chi connectivity index (χ1) is 17.4. The Balaban J connectivity index is 3.21. The minimum atomic E-state index is 0.0814. The van der Waals surface area contributed by atoms with Gasteiger partial charge in [0, 0.05) is 38.8 Å². The van der Waals surface area contributed by atoms with Crippen molar-refractivity contribution in [2.75, 3.05) is 33.7 Å². The fraction of sp³-hybridized carbons (Fsp3) is 0.567. The third kappa shape index (κ3) is 13.2. The van der Waals surface area contributed by atoms with Gasteiger partial charge in [0.15, 0.2) is 0 Å². The van der Waals surface area contributed by atoms with Gasteiger partial charge in [-0.1, -0.05) is 46.4 Å². The standard InChI is InChI=1S/C30H48N6O/c1-9-30(15-17-32-26(3)20-30)34-21-27(13-10-11-16-31)19-25(2)28(33-23-36(8)24-37)14-12-18-35(7)22-29(4,5)6/h10,12-14,18-19,23-24,26,32,34H,2,9,11,15,17,20-22H2,1,3-8H3/b13-10-,18-12+,27-19+,28-14-,33-23?. The van der Waals surface area contributed by atoms with Crippen molar-refractivity contribution in [1.29, 1.82) is 5.26 Å². The van der Waals surface area contributed by atoms with E-state index in [4.69, 9.17) is 5.26 Å². The molecule has 0 saturated carbocycles. The molecule has 0 spiro atoms. The first kappa shape index (κ1) is 32.1. The molecule has 1 rings (SSSR count). The van der Waals surface area contributed by atoms with Gasteiger partial charge in [-0.15, -0.1) is 0 Å². The van der Waals surface area contributed by atoms with E-state index in [9.17, 15) is 4.79 Å². The molecule has 204 valence electrons. The molecule has 0 aromatic rings. The molecule has 0 aliphatic carbocycles. The highest BCUT2D eigenvalue weighted by Gasteiger charge is 2.32. The number of hydrogen-bond acceptors (Lipinski definition) is 6. The number of hydrogen-bond donors (Lipinski definition) is 2. The van der Waals surface area contributed by atoms with Crippen LogP contribution < -0.4 is 10.6 Å². The average molecular weight is 509 g/mol. The first-order valence-corrected chi connectivity index (χ1v) is 13.2. The molecule has 1 saturated heterocycles. The first-order valence-electron chi connectivity index (χ1n) is 13.2. The number of aliphatic imine (C=N–C) groups is 1. The maximum atomic E-state index is 11.1. The van der Waals surface area contributed by atoms with E-state index in [0.29, 0.717) is 31.1 Å². The molecular weight excluding hydrogens is 460 g/mol. The average Bonchev–Trinajstić information content (AvgIpc) is 2.83. The van der Waals surface area contributed by atoms with Crippen molar-refractivity contribution in [2.24, 2.45) is 10.4 Å². The van der Waals surface area contributed by atoms with E-state index < -0.39 is 0 Å². The molecule has 1 fully saturated rings. The van der Waals surface area contributed by atoms with E-state index in [2.05, 4.69) is 67.8 Å². The molecule has 1 aliphatic heterocycles. The summed E-state index contributed by atoms with van der Waals surface area (Å²) >= 11 is 0. The zero-order valence-electron chi connectivity index (χ0n) is 24.1. The summed E-state index contributed by atoms with van der Waals surface area (Å²) in [5, 5.41) is 16.4. The molecule has 1 amide bonds. The van der Waals surface area contributed by atoms with Crippen molar-refractivity contribution in [3.8, 4) is 6.07 Å². The highest BCUT2D eigenvalue weighted by atomic mass is 16.1. The van der Waals surface area contributed by atoms with Gasteiger partial charge in [-0.3, -0.25) is 4.79 Å². The van der Waals surface area contributed by atoms with Gasteiger partial charge in [0.05, 0.1) is 24.5 Å². The second-order valence-corrected chi connectivity index (χ2v) is 11.2. The largest absolute Gasteiger partial charge is 0.380 e. The quantitative estimate of drug-likeness (QED) is 0.150. The molecule has 2 atom stereocenters. The van der Waals surface area contributed by atoms with Gasteiger partial charge >= 0.3 is 0 Å². The maximum absolute atomic E-state index is 11.1. The van der Waals surface area contributed by atoms with Gasteiger partial charge in [0.1, 0.15) is 0 Å². The zero-order valence-corrected chi connectivity index (χ0v) is 24.1. The summed E-state index contributed by atoms with van der Waals surface area (Å²) in [6, 6.07) is 2.64. The normalized spacial score (nSPS) is 21.5. The minimum Gasteiger partial charge on any atom is -0.380 e. The molecule has 1 aliphatic rings. The lowest BCUT2D eigenvalue weighted by molar-refractivity contribution is -0.113. The van der Waals surface area contributed by atoms with Crippen LogP contribution in [0.3, 0.4) is 0 Å². The summed E-state index contributed by atoms with van der Waals surface area (Å²) in [5.41, 5.74) is 2.67. The Morgan fingerprint density at radius 2 is 2.08 bits per heavy atom. The Bertz CT molecular complexity index is 931. The molecule has 0 radical (unpaired) electrons. The molecule has 1 heterocycles. The molecule has 2 unspecified atom stereocenters. The number of nitriles is 1. The van der Waals surface area contributed by atoms with Crippen molar-refractivity contribution in [3.05, 3.63) is 60.0 Å². The van der Waals surface area contributed by atoms with Crippen molar-refractivity contribution in [2.45, 2.75) is 71.9 Å². The highest BCUT2D eigenvalue weighted by Crippen LogP contribution is 2.26. The molecule has 37 heavy (non-hydrogen) atoms. The van der Waals surface area contributed by atoms with Crippen molar-refractivity contribution in [3.63, 3.8) is 0 Å². The molecule has 0 aromatic heterocycles. The number of nitrogens with one attached hydrogen (secondary N) is 2. The second-order valence-electron chi connectivity index (χ2n) is 11.2. The van der Waals surface area contributed by atoms with Crippen LogP contribution in [0.25, 0.3) is 0 Å². The van der Waals surface area contributed by atoms with Crippen LogP contribution in [0.15, 0.2) is 65.0 Å². The fourth-order valence-corrected chi connectivity index (χ4v) is 4.43. The van der Waals surface area contributed by atoms with Crippen LogP contribution in [-0.4, -0.2) is 67.9 Å². The smallest absolute Gasteiger partial charge is 0.214 e. The predicted octanol–water partition coefficient (Wildman–Crippen LogP) is 4.94. The Kier molecular flexibility index (Phi) is 13.9. The van der Waals surface area contributed by atoms with Crippen LogP contribution in [0.4, 0.5) is 0 Å². The molecule has 2 N–H and O–H groups in total. The summed E-state index contributed by atoms with van der Waals surface area (Å²) in [6.45, 7) is 17.9. The topological polar surface area (TPSA) is 83.8 Å². The van der Waals surface area contributed by atoms with Crippen LogP contribution in [0.5, 0.6) is 0 Å². The van der Waals surface area contributed by atoms with Gasteiger partial charge in [-0.2, -0.15) is 5.26 Å². The molecule has 7 nitrogen and oxygen atoms in total. The predicted molar refractivity (Wildman–Crippen MR) is 156 cm³/mol. The third-order valence-electron chi connectivity index (χ3n) is 6.23.